The SMILES string of the molecule is CCCC1(CCC)CC(=O)c2cc(-c3cc(-c4cccnc4)no3)ccc2O1. The van der Waals surface area contributed by atoms with E-state index in [0.29, 0.717) is 29.2 Å². The Morgan fingerprint density at radius 2 is 1.89 bits per heavy atom. The van der Waals surface area contributed by atoms with E-state index in [1.54, 1.807) is 12.4 Å². The molecule has 1 aliphatic rings. The first-order valence-electron chi connectivity index (χ1n) is 9.88. The van der Waals surface area contributed by atoms with Crippen LogP contribution < -0.4 is 4.74 Å². The van der Waals surface area contributed by atoms with E-state index in [0.717, 1.165) is 36.8 Å². The van der Waals surface area contributed by atoms with Crippen molar-refractivity contribution in [2.24, 2.45) is 0 Å². The Morgan fingerprint density at radius 3 is 2.61 bits per heavy atom. The molecule has 28 heavy (non-hydrogen) atoms. The first-order valence-corrected chi connectivity index (χ1v) is 9.88. The van der Waals surface area contributed by atoms with Crippen LogP contribution in [0.25, 0.3) is 22.6 Å². The third-order valence-electron chi connectivity index (χ3n) is 5.25. The summed E-state index contributed by atoms with van der Waals surface area (Å²) < 4.78 is 11.9. The molecule has 1 aromatic carbocycles. The molecule has 5 heteroatoms. The number of nitrogens with zero attached hydrogens (tertiary/aromatic N) is 2. The molecule has 4 rings (SSSR count). The lowest BCUT2D eigenvalue weighted by atomic mass is 9.83. The number of benzene rings is 1. The van der Waals surface area contributed by atoms with Gasteiger partial charge in [0.25, 0.3) is 0 Å². The van der Waals surface area contributed by atoms with Crippen LogP contribution in [-0.4, -0.2) is 21.5 Å². The number of pyridine rings is 1. The predicted octanol–water partition coefficient (Wildman–Crippen LogP) is 5.71. The van der Waals surface area contributed by atoms with Gasteiger partial charge in [-0.25, -0.2) is 0 Å². The number of ketones is 1. The summed E-state index contributed by atoms with van der Waals surface area (Å²) in [5.41, 5.74) is 2.68. The molecule has 0 aliphatic carbocycles. The second kappa shape index (κ2) is 7.58. The molecule has 0 radical (unpaired) electrons. The van der Waals surface area contributed by atoms with Gasteiger partial charge in [0.15, 0.2) is 11.5 Å². The molecule has 0 saturated carbocycles. The maximum Gasteiger partial charge on any atom is 0.170 e. The van der Waals surface area contributed by atoms with E-state index >= 15 is 0 Å². The summed E-state index contributed by atoms with van der Waals surface area (Å²) in [4.78, 5) is 17.0. The van der Waals surface area contributed by atoms with Crippen LogP contribution in [0.15, 0.2) is 53.3 Å². The summed E-state index contributed by atoms with van der Waals surface area (Å²) in [5.74, 6) is 1.43. The summed E-state index contributed by atoms with van der Waals surface area (Å²) in [6.07, 6.45) is 7.67. The third kappa shape index (κ3) is 3.44. The van der Waals surface area contributed by atoms with Crippen LogP contribution in [0.1, 0.15) is 56.3 Å². The lowest BCUT2D eigenvalue weighted by molar-refractivity contribution is 0.0271. The van der Waals surface area contributed by atoms with Crippen molar-refractivity contribution in [2.75, 3.05) is 0 Å². The quantitative estimate of drug-likeness (QED) is 0.551. The average Bonchev–Trinajstić information content (AvgIpc) is 3.19. The summed E-state index contributed by atoms with van der Waals surface area (Å²) >= 11 is 0. The smallest absolute Gasteiger partial charge is 0.170 e. The van der Waals surface area contributed by atoms with Gasteiger partial charge in [-0.3, -0.25) is 9.78 Å². The second-order valence-electron chi connectivity index (χ2n) is 7.41. The van der Waals surface area contributed by atoms with Crippen molar-refractivity contribution in [1.29, 1.82) is 0 Å². The van der Waals surface area contributed by atoms with Gasteiger partial charge in [-0.1, -0.05) is 31.8 Å². The second-order valence-corrected chi connectivity index (χ2v) is 7.41. The lowest BCUT2D eigenvalue weighted by Crippen LogP contribution is -2.41. The molecule has 0 N–H and O–H groups in total. The summed E-state index contributed by atoms with van der Waals surface area (Å²) in [6.45, 7) is 4.27. The summed E-state index contributed by atoms with van der Waals surface area (Å²) in [5, 5.41) is 4.13. The molecule has 0 amide bonds. The van der Waals surface area contributed by atoms with Crippen molar-refractivity contribution < 1.29 is 14.1 Å². The highest BCUT2D eigenvalue weighted by Gasteiger charge is 2.39. The monoisotopic (exact) mass is 376 g/mol. The molecule has 0 unspecified atom stereocenters. The van der Waals surface area contributed by atoms with Gasteiger partial charge in [0.05, 0.1) is 12.0 Å². The molecule has 2 aromatic heterocycles. The number of hydrogen-bond donors (Lipinski definition) is 0. The maximum atomic E-state index is 12.9. The van der Waals surface area contributed by atoms with Crippen molar-refractivity contribution in [3.8, 4) is 28.3 Å². The topological polar surface area (TPSA) is 65.2 Å². The van der Waals surface area contributed by atoms with Crippen LogP contribution in [-0.2, 0) is 0 Å². The van der Waals surface area contributed by atoms with Crippen molar-refractivity contribution in [1.82, 2.24) is 10.1 Å². The van der Waals surface area contributed by atoms with E-state index < -0.39 is 0 Å². The molecule has 1 aliphatic heterocycles. The fourth-order valence-corrected chi connectivity index (χ4v) is 4.02. The first-order chi connectivity index (χ1) is 13.6. The van der Waals surface area contributed by atoms with E-state index in [2.05, 4.69) is 24.0 Å². The summed E-state index contributed by atoms with van der Waals surface area (Å²) in [7, 11) is 0. The van der Waals surface area contributed by atoms with Crippen molar-refractivity contribution in [3.63, 3.8) is 0 Å². The highest BCUT2D eigenvalue weighted by molar-refractivity contribution is 6.01. The number of rotatable bonds is 6. The molecule has 0 saturated heterocycles. The molecule has 0 spiro atoms. The van der Waals surface area contributed by atoms with E-state index in [-0.39, 0.29) is 11.4 Å². The van der Waals surface area contributed by atoms with Gasteiger partial charge in [0.1, 0.15) is 17.0 Å². The first kappa shape index (κ1) is 18.4. The standard InChI is InChI=1S/C23H24N2O3/c1-3-9-23(10-4-2)14-20(26)18-12-16(7-8-21(18)27-23)22-13-19(25-28-22)17-6-5-11-24-15-17/h5-8,11-13,15H,3-4,9-10,14H2,1-2H3. The van der Waals surface area contributed by atoms with Crippen molar-refractivity contribution >= 4 is 5.78 Å². The number of carbonyl (C=O) groups excluding carboxylic acids is 1. The Morgan fingerprint density at radius 1 is 1.07 bits per heavy atom. The van der Waals surface area contributed by atoms with Crippen LogP contribution in [0.4, 0.5) is 0 Å². The van der Waals surface area contributed by atoms with Crippen LogP contribution in [0.3, 0.4) is 0 Å². The highest BCUT2D eigenvalue weighted by atomic mass is 16.5. The van der Waals surface area contributed by atoms with Crippen molar-refractivity contribution in [2.45, 2.75) is 51.6 Å². The molecule has 5 nitrogen and oxygen atoms in total. The third-order valence-corrected chi connectivity index (χ3v) is 5.25. The van der Waals surface area contributed by atoms with E-state index in [4.69, 9.17) is 9.26 Å². The number of carbonyl (C=O) groups is 1. The maximum absolute atomic E-state index is 12.9. The van der Waals surface area contributed by atoms with Gasteiger partial charge in [0.2, 0.25) is 0 Å². The minimum Gasteiger partial charge on any atom is -0.486 e. The Kier molecular flexibility index (Phi) is 4.99. The Labute approximate surface area is 164 Å². The molecular weight excluding hydrogens is 352 g/mol. The molecule has 3 aromatic rings. The van der Waals surface area contributed by atoms with Crippen LogP contribution in [0.2, 0.25) is 0 Å². The van der Waals surface area contributed by atoms with Gasteiger partial charge in [-0.05, 0) is 43.2 Å². The normalized spacial score (nSPS) is 15.1. The Hall–Kier alpha value is -2.95. The zero-order valence-electron chi connectivity index (χ0n) is 16.3. The molecule has 0 fully saturated rings. The average molecular weight is 376 g/mol. The van der Waals surface area contributed by atoms with Gasteiger partial charge in [0, 0.05) is 29.6 Å². The minimum absolute atomic E-state index is 0.136. The van der Waals surface area contributed by atoms with E-state index in [1.165, 1.54) is 0 Å². The number of Topliss-reactive ketones (excluding diaryl/α,β-unsaturated/α-hetero) is 1. The molecule has 0 bridgehead atoms. The van der Waals surface area contributed by atoms with Gasteiger partial charge in [-0.15, -0.1) is 0 Å². The van der Waals surface area contributed by atoms with E-state index in [1.807, 2.05) is 36.4 Å². The van der Waals surface area contributed by atoms with Gasteiger partial charge >= 0.3 is 0 Å². The van der Waals surface area contributed by atoms with E-state index in [9.17, 15) is 4.79 Å². The van der Waals surface area contributed by atoms with Crippen LogP contribution >= 0.6 is 0 Å². The lowest BCUT2D eigenvalue weighted by Gasteiger charge is -2.38. The fraction of sp³-hybridized carbons (Fsp3) is 0.348. The van der Waals surface area contributed by atoms with Crippen molar-refractivity contribution in [3.05, 3.63) is 54.4 Å². The zero-order valence-corrected chi connectivity index (χ0v) is 16.3. The number of fused-ring (bicyclic) bond motifs is 1. The number of hydrogen-bond acceptors (Lipinski definition) is 5. The highest BCUT2D eigenvalue weighted by Crippen LogP contribution is 2.40. The molecule has 3 heterocycles. The number of ether oxygens (including phenoxy) is 1. The van der Waals surface area contributed by atoms with Crippen LogP contribution in [0.5, 0.6) is 5.75 Å². The van der Waals surface area contributed by atoms with Crippen LogP contribution in [0, 0.1) is 0 Å². The predicted molar refractivity (Wildman–Crippen MR) is 107 cm³/mol. The summed E-state index contributed by atoms with van der Waals surface area (Å²) in [6, 6.07) is 11.3. The molecule has 0 atom stereocenters. The zero-order chi connectivity index (χ0) is 19.6. The fourth-order valence-electron chi connectivity index (χ4n) is 4.02. The molecule has 144 valence electrons. The largest absolute Gasteiger partial charge is 0.486 e. The minimum atomic E-state index is -0.366. The molecular formula is C23H24N2O3. The Bertz CT molecular complexity index is 973. The Balaban J connectivity index is 1.65. The van der Waals surface area contributed by atoms with Gasteiger partial charge in [-0.2, -0.15) is 0 Å². The van der Waals surface area contributed by atoms with Gasteiger partial charge < -0.3 is 9.26 Å². The number of aromatic nitrogens is 2.